The van der Waals surface area contributed by atoms with E-state index in [2.05, 4.69) is 10.5 Å². The SMILES string of the molecule is COc1cnn(C(C)C)c1C(NN)c1cc(Cl)sc1Cl. The van der Waals surface area contributed by atoms with Gasteiger partial charge in [-0.3, -0.25) is 10.5 Å². The van der Waals surface area contributed by atoms with Crippen molar-refractivity contribution in [1.82, 2.24) is 15.2 Å². The molecule has 2 heterocycles. The molecule has 0 aromatic carbocycles. The Morgan fingerprint density at radius 2 is 2.15 bits per heavy atom. The molecular weight excluding hydrogens is 319 g/mol. The number of ether oxygens (including phenoxy) is 1. The smallest absolute Gasteiger partial charge is 0.161 e. The van der Waals surface area contributed by atoms with E-state index >= 15 is 0 Å². The van der Waals surface area contributed by atoms with Crippen molar-refractivity contribution in [3.8, 4) is 5.75 Å². The third-order valence-electron chi connectivity index (χ3n) is 2.94. The molecule has 5 nitrogen and oxygen atoms in total. The highest BCUT2D eigenvalue weighted by atomic mass is 35.5. The summed E-state index contributed by atoms with van der Waals surface area (Å²) in [6.45, 7) is 4.07. The van der Waals surface area contributed by atoms with Crippen LogP contribution in [0.2, 0.25) is 8.67 Å². The Morgan fingerprint density at radius 3 is 2.60 bits per heavy atom. The second-order valence-corrected chi connectivity index (χ2v) is 6.80. The van der Waals surface area contributed by atoms with Crippen LogP contribution in [0, 0.1) is 0 Å². The number of hydrogen-bond donors (Lipinski definition) is 2. The summed E-state index contributed by atoms with van der Waals surface area (Å²) < 4.78 is 8.43. The number of halogens is 2. The van der Waals surface area contributed by atoms with Gasteiger partial charge in [-0.05, 0) is 19.9 Å². The third-order valence-corrected chi connectivity index (χ3v) is 4.46. The van der Waals surface area contributed by atoms with Gasteiger partial charge in [-0.2, -0.15) is 5.10 Å². The Kier molecular flexibility index (Phi) is 4.93. The first-order chi connectivity index (χ1) is 9.49. The van der Waals surface area contributed by atoms with Crippen molar-refractivity contribution in [2.45, 2.75) is 25.9 Å². The summed E-state index contributed by atoms with van der Waals surface area (Å²) in [5.41, 5.74) is 4.40. The zero-order valence-corrected chi connectivity index (χ0v) is 13.7. The van der Waals surface area contributed by atoms with Crippen molar-refractivity contribution < 1.29 is 4.74 Å². The molecule has 0 bridgehead atoms. The predicted octanol–water partition coefficient (Wildman–Crippen LogP) is 3.39. The van der Waals surface area contributed by atoms with E-state index in [1.807, 2.05) is 18.5 Å². The number of aromatic nitrogens is 2. The number of nitrogens with one attached hydrogen (secondary N) is 1. The van der Waals surface area contributed by atoms with Gasteiger partial charge in [-0.1, -0.05) is 23.2 Å². The van der Waals surface area contributed by atoms with E-state index in [-0.39, 0.29) is 12.1 Å². The van der Waals surface area contributed by atoms with Gasteiger partial charge in [-0.25, -0.2) is 5.43 Å². The van der Waals surface area contributed by atoms with Crippen LogP contribution < -0.4 is 16.0 Å². The Morgan fingerprint density at radius 1 is 1.45 bits per heavy atom. The van der Waals surface area contributed by atoms with Crippen molar-refractivity contribution in [3.05, 3.63) is 32.2 Å². The topological polar surface area (TPSA) is 65.1 Å². The summed E-state index contributed by atoms with van der Waals surface area (Å²) >= 11 is 13.5. The number of nitrogens with zero attached hydrogens (tertiary/aromatic N) is 2. The van der Waals surface area contributed by atoms with Crippen LogP contribution >= 0.6 is 34.5 Å². The summed E-state index contributed by atoms with van der Waals surface area (Å²) in [6, 6.07) is 1.62. The van der Waals surface area contributed by atoms with E-state index in [4.69, 9.17) is 33.8 Å². The fourth-order valence-corrected chi connectivity index (χ4v) is 3.60. The Labute approximate surface area is 131 Å². The van der Waals surface area contributed by atoms with Crippen molar-refractivity contribution in [3.63, 3.8) is 0 Å². The van der Waals surface area contributed by atoms with Crippen molar-refractivity contribution in [2.75, 3.05) is 7.11 Å². The first-order valence-electron chi connectivity index (χ1n) is 6.01. The first-order valence-corrected chi connectivity index (χ1v) is 7.59. The van der Waals surface area contributed by atoms with Crippen LogP contribution in [0.4, 0.5) is 0 Å². The van der Waals surface area contributed by atoms with Crippen molar-refractivity contribution >= 4 is 34.5 Å². The fourth-order valence-electron chi connectivity index (χ4n) is 2.06. The second kappa shape index (κ2) is 6.32. The molecule has 2 rings (SSSR count). The van der Waals surface area contributed by atoms with Crippen LogP contribution in [0.15, 0.2) is 12.3 Å². The molecule has 0 aliphatic rings. The number of methoxy groups -OCH3 is 1. The molecule has 2 aromatic rings. The number of rotatable bonds is 5. The Balaban J connectivity index is 2.56. The average molecular weight is 335 g/mol. The Hall–Kier alpha value is -0.790. The van der Waals surface area contributed by atoms with E-state index in [0.29, 0.717) is 14.4 Å². The lowest BCUT2D eigenvalue weighted by molar-refractivity contribution is 0.394. The summed E-state index contributed by atoms with van der Waals surface area (Å²) in [7, 11) is 1.60. The van der Waals surface area contributed by atoms with Crippen LogP contribution in [-0.2, 0) is 0 Å². The molecule has 0 radical (unpaired) electrons. The van der Waals surface area contributed by atoms with Gasteiger partial charge in [0.05, 0.1) is 28.0 Å². The molecule has 20 heavy (non-hydrogen) atoms. The van der Waals surface area contributed by atoms with Gasteiger partial charge in [0.25, 0.3) is 0 Å². The molecule has 1 unspecified atom stereocenters. The summed E-state index contributed by atoms with van der Waals surface area (Å²) in [5, 5.41) is 4.34. The molecule has 0 fully saturated rings. The lowest BCUT2D eigenvalue weighted by Crippen LogP contribution is -2.31. The third kappa shape index (κ3) is 2.80. The minimum absolute atomic E-state index is 0.164. The molecule has 0 spiro atoms. The average Bonchev–Trinajstić information content (AvgIpc) is 2.95. The first kappa shape index (κ1) is 15.6. The highest BCUT2D eigenvalue weighted by Gasteiger charge is 2.27. The van der Waals surface area contributed by atoms with E-state index in [1.54, 1.807) is 19.4 Å². The molecule has 0 amide bonds. The van der Waals surface area contributed by atoms with Gasteiger partial charge >= 0.3 is 0 Å². The number of nitrogens with two attached hydrogens (primary N) is 1. The zero-order valence-electron chi connectivity index (χ0n) is 11.4. The molecule has 0 saturated heterocycles. The van der Waals surface area contributed by atoms with Crippen LogP contribution in [0.1, 0.15) is 37.2 Å². The standard InChI is InChI=1S/C12H16Cl2N4OS/c1-6(2)18-11(8(19-3)5-16-18)10(17-15)7-4-9(13)20-12(7)14/h4-6,10,17H,15H2,1-3H3. The van der Waals surface area contributed by atoms with E-state index in [1.165, 1.54) is 11.3 Å². The molecule has 0 saturated carbocycles. The zero-order chi connectivity index (χ0) is 14.9. The van der Waals surface area contributed by atoms with Crippen LogP contribution in [0.5, 0.6) is 5.75 Å². The maximum Gasteiger partial charge on any atom is 0.161 e. The molecule has 2 aromatic heterocycles. The van der Waals surface area contributed by atoms with Gasteiger partial charge in [-0.15, -0.1) is 11.3 Å². The van der Waals surface area contributed by atoms with Gasteiger partial charge in [0, 0.05) is 11.6 Å². The minimum atomic E-state index is -0.342. The molecule has 0 aliphatic carbocycles. The van der Waals surface area contributed by atoms with Crippen LogP contribution in [0.3, 0.4) is 0 Å². The number of thiophene rings is 1. The molecule has 1 atom stereocenters. The van der Waals surface area contributed by atoms with Gasteiger partial charge in [0.2, 0.25) is 0 Å². The summed E-state index contributed by atoms with van der Waals surface area (Å²) in [4.78, 5) is 0. The highest BCUT2D eigenvalue weighted by molar-refractivity contribution is 7.20. The fraction of sp³-hybridized carbons (Fsp3) is 0.417. The predicted molar refractivity (Wildman–Crippen MR) is 82.7 cm³/mol. The molecule has 8 heteroatoms. The maximum absolute atomic E-state index is 6.23. The second-order valence-electron chi connectivity index (χ2n) is 4.52. The monoisotopic (exact) mass is 334 g/mol. The quantitative estimate of drug-likeness (QED) is 0.649. The van der Waals surface area contributed by atoms with Crippen LogP contribution in [-0.4, -0.2) is 16.9 Å². The highest BCUT2D eigenvalue weighted by Crippen LogP contribution is 2.40. The molecule has 0 aliphatic heterocycles. The van der Waals surface area contributed by atoms with E-state index in [9.17, 15) is 0 Å². The van der Waals surface area contributed by atoms with Gasteiger partial charge in [0.1, 0.15) is 5.69 Å². The normalized spacial score (nSPS) is 12.9. The summed E-state index contributed by atoms with van der Waals surface area (Å²) in [6.07, 6.45) is 1.67. The summed E-state index contributed by atoms with van der Waals surface area (Å²) in [5.74, 6) is 6.38. The molecule has 3 N–H and O–H groups in total. The van der Waals surface area contributed by atoms with Crippen LogP contribution in [0.25, 0.3) is 0 Å². The maximum atomic E-state index is 6.23. The van der Waals surface area contributed by atoms with Gasteiger partial charge < -0.3 is 4.74 Å². The van der Waals surface area contributed by atoms with Gasteiger partial charge in [0.15, 0.2) is 5.75 Å². The van der Waals surface area contributed by atoms with E-state index < -0.39 is 0 Å². The Bertz CT molecular complexity index is 596. The lowest BCUT2D eigenvalue weighted by Gasteiger charge is -2.20. The van der Waals surface area contributed by atoms with E-state index in [0.717, 1.165) is 11.3 Å². The molecular formula is C12H16Cl2N4OS. The number of hydrogen-bond acceptors (Lipinski definition) is 5. The molecule has 110 valence electrons. The number of hydrazine groups is 1. The van der Waals surface area contributed by atoms with Crippen molar-refractivity contribution in [2.24, 2.45) is 5.84 Å². The largest absolute Gasteiger partial charge is 0.493 e. The minimum Gasteiger partial charge on any atom is -0.493 e. The lowest BCUT2D eigenvalue weighted by atomic mass is 10.1. The van der Waals surface area contributed by atoms with Crippen molar-refractivity contribution in [1.29, 1.82) is 0 Å².